The van der Waals surface area contributed by atoms with Crippen LogP contribution in [-0.2, 0) is 15.7 Å². The second-order valence-corrected chi connectivity index (χ2v) is 9.29. The second-order valence-electron chi connectivity index (χ2n) is 7.11. The van der Waals surface area contributed by atoms with Gasteiger partial charge in [-0.1, -0.05) is 27.5 Å². The Morgan fingerprint density at radius 1 is 1.05 bits per heavy atom. The lowest BCUT2D eigenvalue weighted by atomic mass is 10.1. The van der Waals surface area contributed by atoms with Gasteiger partial charge in [-0.15, -0.1) is 5.01 Å². The molecule has 0 aliphatic heterocycles. The fourth-order valence-electron chi connectivity index (χ4n) is 2.94. The Balaban J connectivity index is 2.07. The van der Waals surface area contributed by atoms with Crippen LogP contribution >= 0.6 is 43.5 Å². The summed E-state index contributed by atoms with van der Waals surface area (Å²) in [5.74, 6) is -2.52. The van der Waals surface area contributed by atoms with Gasteiger partial charge in [0, 0.05) is 21.2 Å². The predicted molar refractivity (Wildman–Crippen MR) is 135 cm³/mol. The van der Waals surface area contributed by atoms with Crippen LogP contribution in [0.5, 0.6) is 0 Å². The zero-order valence-electron chi connectivity index (χ0n) is 19.5. The number of hydrazine groups is 1. The van der Waals surface area contributed by atoms with Gasteiger partial charge >= 0.3 is 18.4 Å². The summed E-state index contributed by atoms with van der Waals surface area (Å²) >= 11 is 12.4. The van der Waals surface area contributed by atoms with Gasteiger partial charge in [0.25, 0.3) is 11.8 Å². The maximum atomic E-state index is 13.5. The molecule has 39 heavy (non-hydrogen) atoms. The Labute approximate surface area is 238 Å². The van der Waals surface area contributed by atoms with Crippen molar-refractivity contribution in [3.05, 3.63) is 67.4 Å². The first-order chi connectivity index (χ1) is 18.3. The molecule has 2 heterocycles. The molecule has 0 radical (unpaired) electrons. The summed E-state index contributed by atoms with van der Waals surface area (Å²) in [5.41, 5.74) is -0.648. The molecule has 0 spiro atoms. The highest BCUT2D eigenvalue weighted by molar-refractivity contribution is 9.11. The van der Waals surface area contributed by atoms with E-state index in [2.05, 4.69) is 56.7 Å². The number of pyridine rings is 1. The van der Waals surface area contributed by atoms with Crippen molar-refractivity contribution in [2.45, 2.75) is 6.18 Å². The summed E-state index contributed by atoms with van der Waals surface area (Å²) < 4.78 is 50.3. The van der Waals surface area contributed by atoms with Crippen molar-refractivity contribution < 1.29 is 41.8 Å². The third-order valence-corrected chi connectivity index (χ3v) is 6.02. The van der Waals surface area contributed by atoms with Crippen LogP contribution in [0.4, 0.5) is 28.4 Å². The maximum absolute atomic E-state index is 13.5. The lowest BCUT2D eigenvalue weighted by Crippen LogP contribution is -2.49. The number of alkyl halides is 3. The molecular formula is C21H14Br2ClF3N6O6. The lowest BCUT2D eigenvalue weighted by Gasteiger charge is -2.20. The van der Waals surface area contributed by atoms with Gasteiger partial charge < -0.3 is 14.8 Å². The number of aromatic nitrogens is 3. The van der Waals surface area contributed by atoms with Crippen molar-refractivity contribution in [1.29, 1.82) is 0 Å². The van der Waals surface area contributed by atoms with E-state index in [0.29, 0.717) is 15.2 Å². The van der Waals surface area contributed by atoms with Crippen LogP contribution in [0, 0.1) is 0 Å². The third kappa shape index (κ3) is 6.66. The number of nitrogens with zero attached hydrogens (tertiary/aromatic N) is 4. The standard InChI is InChI=1S/C21H14Br2ClF3N6O6/c1-38-19(36)33(20(37)39-2)31-17(34)10-6-9(22)7-11(23)15(10)29-18(35)13-8-14(21(25,26)27)30-32(13)16-12(24)4-3-5-28-16/h3-8H,1-2H3,(H,29,35)(H,31,34). The van der Waals surface area contributed by atoms with Crippen LogP contribution in [-0.4, -0.2) is 58.0 Å². The number of hydrogen-bond donors (Lipinski definition) is 2. The molecule has 1 aromatic carbocycles. The average molecular weight is 699 g/mol. The third-order valence-electron chi connectivity index (χ3n) is 4.64. The van der Waals surface area contributed by atoms with Gasteiger partial charge in [0.2, 0.25) is 0 Å². The number of rotatable bonds is 4. The largest absolute Gasteiger partial charge is 0.451 e. The molecule has 0 aliphatic carbocycles. The molecule has 2 N–H and O–H groups in total. The second kappa shape index (κ2) is 12.0. The van der Waals surface area contributed by atoms with E-state index in [-0.39, 0.29) is 31.6 Å². The van der Waals surface area contributed by atoms with Gasteiger partial charge in [0.05, 0.1) is 30.5 Å². The van der Waals surface area contributed by atoms with Crippen LogP contribution in [0.25, 0.3) is 5.82 Å². The molecule has 0 saturated heterocycles. The summed E-state index contributed by atoms with van der Waals surface area (Å²) in [6, 6.07) is 5.86. The molecule has 2 aromatic heterocycles. The Morgan fingerprint density at radius 3 is 2.26 bits per heavy atom. The van der Waals surface area contributed by atoms with Crippen molar-refractivity contribution in [3.8, 4) is 5.82 Å². The number of ether oxygens (including phenoxy) is 2. The highest BCUT2D eigenvalue weighted by Gasteiger charge is 2.37. The summed E-state index contributed by atoms with van der Waals surface area (Å²) in [6.07, 6.45) is -6.29. The minimum absolute atomic E-state index is 0.0936. The first-order valence-electron chi connectivity index (χ1n) is 10.1. The number of carbonyl (C=O) groups excluding carboxylic acids is 4. The Bertz CT molecular complexity index is 1450. The molecule has 0 unspecified atom stereocenters. The Hall–Kier alpha value is -3.70. The Kier molecular flexibility index (Phi) is 9.18. The molecule has 0 bridgehead atoms. The maximum Gasteiger partial charge on any atom is 0.438 e. The lowest BCUT2D eigenvalue weighted by molar-refractivity contribution is -0.141. The highest BCUT2D eigenvalue weighted by Crippen LogP contribution is 2.33. The predicted octanol–water partition coefficient (Wildman–Crippen LogP) is 5.20. The van der Waals surface area contributed by atoms with Gasteiger partial charge in [0.1, 0.15) is 5.69 Å². The molecule has 3 aromatic rings. The van der Waals surface area contributed by atoms with Crippen LogP contribution in [0.15, 0.2) is 45.5 Å². The fourth-order valence-corrected chi connectivity index (χ4v) is 4.47. The number of imide groups is 1. The number of amides is 4. The molecule has 0 fully saturated rings. The molecule has 4 amide bonds. The van der Waals surface area contributed by atoms with Crippen LogP contribution in [0.1, 0.15) is 26.5 Å². The van der Waals surface area contributed by atoms with Crippen LogP contribution < -0.4 is 10.7 Å². The molecule has 0 aliphatic rings. The highest BCUT2D eigenvalue weighted by atomic mass is 79.9. The van der Waals surface area contributed by atoms with Gasteiger partial charge in [-0.05, 0) is 40.2 Å². The van der Waals surface area contributed by atoms with E-state index in [0.717, 1.165) is 14.2 Å². The van der Waals surface area contributed by atoms with Gasteiger partial charge in [-0.25, -0.2) is 24.7 Å². The normalized spacial score (nSPS) is 11.0. The van der Waals surface area contributed by atoms with E-state index in [4.69, 9.17) is 11.6 Å². The van der Waals surface area contributed by atoms with E-state index < -0.39 is 41.6 Å². The van der Waals surface area contributed by atoms with Crippen molar-refractivity contribution in [2.75, 3.05) is 19.5 Å². The molecule has 12 nitrogen and oxygen atoms in total. The average Bonchev–Trinajstić information content (AvgIpc) is 3.34. The van der Waals surface area contributed by atoms with E-state index in [1.54, 1.807) is 0 Å². The van der Waals surface area contributed by atoms with Crippen LogP contribution in [0.3, 0.4) is 0 Å². The summed E-state index contributed by atoms with van der Waals surface area (Å²) in [6.45, 7) is 0. The quantitative estimate of drug-likeness (QED) is 0.354. The van der Waals surface area contributed by atoms with E-state index in [9.17, 15) is 32.3 Å². The molecule has 206 valence electrons. The van der Waals surface area contributed by atoms with E-state index in [1.807, 2.05) is 5.43 Å². The number of benzene rings is 1. The van der Waals surface area contributed by atoms with Gasteiger partial charge in [-0.2, -0.15) is 18.3 Å². The summed E-state index contributed by atoms with van der Waals surface area (Å²) in [4.78, 5) is 54.1. The first kappa shape index (κ1) is 29.9. The van der Waals surface area contributed by atoms with Gasteiger partial charge in [-0.3, -0.25) is 9.59 Å². The minimum Gasteiger partial charge on any atom is -0.451 e. The van der Waals surface area contributed by atoms with Crippen molar-refractivity contribution in [3.63, 3.8) is 0 Å². The molecular weight excluding hydrogens is 685 g/mol. The topological polar surface area (TPSA) is 145 Å². The Morgan fingerprint density at radius 2 is 1.69 bits per heavy atom. The number of anilines is 1. The zero-order valence-corrected chi connectivity index (χ0v) is 23.4. The molecule has 3 rings (SSSR count). The van der Waals surface area contributed by atoms with Crippen molar-refractivity contribution in [2.24, 2.45) is 0 Å². The number of hydrogen-bond acceptors (Lipinski definition) is 8. The number of methoxy groups -OCH3 is 2. The zero-order chi connectivity index (χ0) is 29.1. The number of nitrogens with one attached hydrogen (secondary N) is 2. The monoisotopic (exact) mass is 696 g/mol. The SMILES string of the molecule is COC(=O)N(NC(=O)c1cc(Br)cc(Br)c1NC(=O)c1cc(C(F)(F)F)nn1-c1ncccc1Cl)C(=O)OC. The minimum atomic E-state index is -4.92. The summed E-state index contributed by atoms with van der Waals surface area (Å²) in [5, 5.41) is 5.81. The number of carbonyl (C=O) groups is 4. The fraction of sp³-hybridized carbons (Fsp3) is 0.143. The molecule has 0 saturated carbocycles. The van der Waals surface area contributed by atoms with Crippen molar-refractivity contribution >= 4 is 73.1 Å². The van der Waals surface area contributed by atoms with Crippen LogP contribution in [0.2, 0.25) is 5.02 Å². The summed E-state index contributed by atoms with van der Waals surface area (Å²) in [7, 11) is 1.88. The van der Waals surface area contributed by atoms with Gasteiger partial charge in [0.15, 0.2) is 11.5 Å². The van der Waals surface area contributed by atoms with Crippen molar-refractivity contribution in [1.82, 2.24) is 25.2 Å². The molecule has 0 atom stereocenters. The van der Waals surface area contributed by atoms with E-state index >= 15 is 0 Å². The molecule has 18 heteroatoms. The first-order valence-corrected chi connectivity index (χ1v) is 12.1. The number of halogens is 6. The smallest absolute Gasteiger partial charge is 0.438 e. The van der Waals surface area contributed by atoms with E-state index in [1.165, 1.54) is 30.5 Å².